The molecule has 2 aromatic rings. The molecule has 2 amide bonds. The van der Waals surface area contributed by atoms with Gasteiger partial charge in [-0.2, -0.15) is 0 Å². The lowest BCUT2D eigenvalue weighted by atomic mass is 9.89. The van der Waals surface area contributed by atoms with E-state index in [1.165, 1.54) is 58.0 Å². The summed E-state index contributed by atoms with van der Waals surface area (Å²) in [6.45, 7) is 1.36. The summed E-state index contributed by atoms with van der Waals surface area (Å²) < 4.78 is 15.5. The van der Waals surface area contributed by atoms with E-state index in [0.717, 1.165) is 8.51 Å². The molecular weight excluding hydrogens is 487 g/mol. The van der Waals surface area contributed by atoms with Crippen LogP contribution in [0.15, 0.2) is 37.6 Å². The van der Waals surface area contributed by atoms with Gasteiger partial charge in [-0.3, -0.25) is 19.4 Å². The highest BCUT2D eigenvalue weighted by Crippen LogP contribution is 2.46. The number of β-lactam (4-membered cyclic amide) rings is 1. The van der Waals surface area contributed by atoms with Gasteiger partial charge in [-0.1, -0.05) is 6.07 Å². The van der Waals surface area contributed by atoms with Crippen LogP contribution in [0.5, 0.6) is 0 Å². The number of thiazole rings is 1. The molecule has 2 aromatic heterocycles. The van der Waals surface area contributed by atoms with Crippen molar-refractivity contribution >= 4 is 75.0 Å². The first kappa shape index (κ1) is 21.8. The SMILES string of the molecule is CC(=O)N(C1C(=O)N2CC(CSc3cncs3)(C(=O)O)CS[C@H]12)S(=O)c1cccs1. The van der Waals surface area contributed by atoms with Gasteiger partial charge in [-0.05, 0) is 11.4 Å². The van der Waals surface area contributed by atoms with Gasteiger partial charge in [-0.25, -0.2) is 8.51 Å². The van der Waals surface area contributed by atoms with Gasteiger partial charge < -0.3 is 10.0 Å². The fourth-order valence-corrected chi connectivity index (χ4v) is 9.13. The summed E-state index contributed by atoms with van der Waals surface area (Å²) in [5.74, 6) is -1.14. The number of amides is 2. The molecule has 0 saturated carbocycles. The lowest BCUT2D eigenvalue weighted by molar-refractivity contribution is -0.161. The zero-order valence-electron chi connectivity index (χ0n) is 15.6. The van der Waals surface area contributed by atoms with E-state index in [0.29, 0.717) is 15.7 Å². The van der Waals surface area contributed by atoms with Gasteiger partial charge in [0.15, 0.2) is 17.0 Å². The second-order valence-electron chi connectivity index (χ2n) is 6.83. The first-order valence-electron chi connectivity index (χ1n) is 8.76. The van der Waals surface area contributed by atoms with Gasteiger partial charge in [0.25, 0.3) is 5.91 Å². The molecule has 2 saturated heterocycles. The molecule has 4 heterocycles. The predicted octanol–water partition coefficient (Wildman–Crippen LogP) is 2.22. The first-order valence-corrected chi connectivity index (χ1v) is 13.7. The van der Waals surface area contributed by atoms with E-state index in [-0.39, 0.29) is 12.5 Å². The maximum atomic E-state index is 12.9. The third kappa shape index (κ3) is 3.81. The Morgan fingerprint density at radius 1 is 1.47 bits per heavy atom. The van der Waals surface area contributed by atoms with E-state index in [9.17, 15) is 23.7 Å². The summed E-state index contributed by atoms with van der Waals surface area (Å²) in [6.07, 6.45) is 1.69. The number of hydrogen-bond acceptors (Lipinski definition) is 9. The Bertz CT molecular complexity index is 982. The topological polar surface area (TPSA) is 108 Å². The van der Waals surface area contributed by atoms with Gasteiger partial charge in [0.2, 0.25) is 5.91 Å². The molecular formula is C17H17N3O5S5. The highest BCUT2D eigenvalue weighted by molar-refractivity contribution is 8.01. The van der Waals surface area contributed by atoms with Crippen molar-refractivity contribution in [3.8, 4) is 0 Å². The fourth-order valence-electron chi connectivity index (χ4n) is 3.33. The quantitative estimate of drug-likeness (QED) is 0.453. The molecule has 2 fully saturated rings. The highest BCUT2D eigenvalue weighted by atomic mass is 32.2. The molecule has 3 unspecified atom stereocenters. The van der Waals surface area contributed by atoms with Crippen molar-refractivity contribution in [2.45, 2.75) is 26.8 Å². The summed E-state index contributed by atoms with van der Waals surface area (Å²) in [5.41, 5.74) is 0.597. The average Bonchev–Trinajstić information content (AvgIpc) is 3.43. The van der Waals surface area contributed by atoms with Gasteiger partial charge in [0.1, 0.15) is 15.0 Å². The number of carbonyl (C=O) groups excluding carboxylic acids is 2. The number of carbonyl (C=O) groups is 3. The third-order valence-corrected chi connectivity index (χ3v) is 11.4. The maximum Gasteiger partial charge on any atom is 0.313 e. The Kier molecular flexibility index (Phi) is 6.26. The summed E-state index contributed by atoms with van der Waals surface area (Å²) in [7, 11) is -1.77. The molecule has 0 aliphatic carbocycles. The minimum absolute atomic E-state index is 0.0680. The van der Waals surface area contributed by atoms with Crippen LogP contribution in [0.25, 0.3) is 0 Å². The maximum absolute atomic E-state index is 12.9. The molecule has 0 bridgehead atoms. The molecule has 1 N–H and O–H groups in total. The monoisotopic (exact) mass is 503 g/mol. The van der Waals surface area contributed by atoms with Crippen LogP contribution in [-0.2, 0) is 25.4 Å². The molecule has 0 aromatic carbocycles. The number of carboxylic acid groups (broad SMARTS) is 1. The molecule has 30 heavy (non-hydrogen) atoms. The molecule has 2 aliphatic rings. The normalized spacial score (nSPS) is 26.6. The minimum atomic E-state index is -1.77. The number of rotatable bonds is 7. The number of thiophene rings is 1. The number of fused-ring (bicyclic) bond motifs is 1. The molecule has 4 rings (SSSR count). The van der Waals surface area contributed by atoms with Crippen LogP contribution >= 0.6 is 46.2 Å². The van der Waals surface area contributed by atoms with E-state index in [2.05, 4.69) is 4.98 Å². The third-order valence-electron chi connectivity index (χ3n) is 4.88. The van der Waals surface area contributed by atoms with Gasteiger partial charge in [0, 0.05) is 25.0 Å². The Labute approximate surface area is 191 Å². The van der Waals surface area contributed by atoms with Gasteiger partial charge in [-0.15, -0.1) is 46.2 Å². The van der Waals surface area contributed by atoms with Crippen LogP contribution in [0.2, 0.25) is 0 Å². The summed E-state index contributed by atoms with van der Waals surface area (Å²) in [5, 5.41) is 11.3. The van der Waals surface area contributed by atoms with Crippen molar-refractivity contribution in [2.24, 2.45) is 5.41 Å². The van der Waals surface area contributed by atoms with Crippen molar-refractivity contribution in [1.29, 1.82) is 0 Å². The van der Waals surface area contributed by atoms with Crippen molar-refractivity contribution in [3.05, 3.63) is 29.2 Å². The summed E-state index contributed by atoms with van der Waals surface area (Å²) in [6, 6.07) is 2.55. The number of aliphatic carboxylic acids is 1. The Morgan fingerprint density at radius 2 is 2.27 bits per heavy atom. The second kappa shape index (κ2) is 8.61. The number of carboxylic acids is 1. The molecule has 2 aliphatic heterocycles. The predicted molar refractivity (Wildman–Crippen MR) is 118 cm³/mol. The van der Waals surface area contributed by atoms with Crippen molar-refractivity contribution in [2.75, 3.05) is 18.1 Å². The largest absolute Gasteiger partial charge is 0.481 e. The molecule has 160 valence electrons. The fraction of sp³-hybridized carbons (Fsp3) is 0.412. The lowest BCUT2D eigenvalue weighted by Crippen LogP contribution is -2.74. The smallest absolute Gasteiger partial charge is 0.313 e. The number of nitrogens with zero attached hydrogens (tertiary/aromatic N) is 3. The van der Waals surface area contributed by atoms with Crippen LogP contribution in [0, 0.1) is 5.41 Å². The van der Waals surface area contributed by atoms with Crippen LogP contribution < -0.4 is 0 Å². The second-order valence-corrected chi connectivity index (χ2v) is 12.6. The molecule has 0 radical (unpaired) electrons. The van der Waals surface area contributed by atoms with Crippen LogP contribution in [0.3, 0.4) is 0 Å². The van der Waals surface area contributed by atoms with Crippen molar-refractivity contribution in [1.82, 2.24) is 14.2 Å². The zero-order valence-corrected chi connectivity index (χ0v) is 19.7. The van der Waals surface area contributed by atoms with E-state index in [1.54, 1.807) is 29.2 Å². The van der Waals surface area contributed by atoms with Gasteiger partial charge >= 0.3 is 5.97 Å². The number of thioether (sulfide) groups is 2. The minimum Gasteiger partial charge on any atom is -0.481 e. The van der Waals surface area contributed by atoms with Crippen molar-refractivity contribution < 1.29 is 23.7 Å². The summed E-state index contributed by atoms with van der Waals surface area (Å²) in [4.78, 5) is 42.8. The van der Waals surface area contributed by atoms with E-state index >= 15 is 0 Å². The molecule has 13 heteroatoms. The van der Waals surface area contributed by atoms with Gasteiger partial charge in [0.05, 0.1) is 15.9 Å². The molecule has 8 nitrogen and oxygen atoms in total. The van der Waals surface area contributed by atoms with Crippen LogP contribution in [0.4, 0.5) is 0 Å². The Hall–Kier alpha value is -1.41. The zero-order chi connectivity index (χ0) is 21.5. The Balaban J connectivity index is 1.51. The number of aromatic nitrogens is 1. The summed E-state index contributed by atoms with van der Waals surface area (Å²) >= 11 is 5.45. The van der Waals surface area contributed by atoms with E-state index in [4.69, 9.17) is 0 Å². The van der Waals surface area contributed by atoms with Crippen LogP contribution in [-0.4, -0.2) is 70.8 Å². The molecule has 0 spiro atoms. The van der Waals surface area contributed by atoms with Crippen LogP contribution in [0.1, 0.15) is 6.92 Å². The van der Waals surface area contributed by atoms with Crippen molar-refractivity contribution in [3.63, 3.8) is 0 Å². The highest BCUT2D eigenvalue weighted by Gasteiger charge is 2.60. The lowest BCUT2D eigenvalue weighted by Gasteiger charge is -2.55. The average molecular weight is 504 g/mol. The Morgan fingerprint density at radius 3 is 2.87 bits per heavy atom. The van der Waals surface area contributed by atoms with E-state index < -0.39 is 39.7 Å². The standard InChI is InChI=1S/C17H17N3O5S5/c1-10(21)20(30(25)12-3-2-4-26-12)13-14(22)19-6-17(16(23)24,8-28-15(13)19)7-27-11-5-18-9-29-11/h2-5,9,13,15H,6-8H2,1H3,(H,23,24)/t13?,15-,17?,30?/m1/s1. The molecule has 4 atom stereocenters. The van der Waals surface area contributed by atoms with E-state index in [1.807, 2.05) is 0 Å². The number of hydrogen-bond donors (Lipinski definition) is 1. The first-order chi connectivity index (χ1) is 14.3.